The Morgan fingerprint density at radius 1 is 1.14 bits per heavy atom. The number of benzene rings is 1. The molecule has 0 atom stereocenters. The van der Waals surface area contributed by atoms with Crippen LogP contribution in [-0.4, -0.2) is 20.7 Å². The van der Waals surface area contributed by atoms with E-state index in [-0.39, 0.29) is 0 Å². The van der Waals surface area contributed by atoms with Gasteiger partial charge in [0.15, 0.2) is 0 Å². The molecule has 1 heterocycles. The largest absolute Gasteiger partial charge is 0.323 e. The molecule has 14 heavy (non-hydrogen) atoms. The molecule has 0 fully saturated rings. The third kappa shape index (κ3) is 1.37. The van der Waals surface area contributed by atoms with Gasteiger partial charge in [-0.25, -0.2) is 0 Å². The van der Waals surface area contributed by atoms with Crippen molar-refractivity contribution in [3.63, 3.8) is 0 Å². The molecule has 0 amide bonds. The van der Waals surface area contributed by atoms with Crippen LogP contribution in [0, 0.1) is 0 Å². The molecule has 1 aromatic rings. The average molecular weight is 210 g/mol. The fourth-order valence-corrected chi connectivity index (χ4v) is 3.37. The van der Waals surface area contributed by atoms with Crippen LogP contribution in [0.2, 0.25) is 0 Å². The Morgan fingerprint density at radius 2 is 1.64 bits per heavy atom. The smallest absolute Gasteiger partial charge is 0.248 e. The fourth-order valence-electron chi connectivity index (χ4n) is 1.69. The van der Waals surface area contributed by atoms with E-state index in [2.05, 4.69) is 47.7 Å². The maximum Gasteiger partial charge on any atom is 0.248 e. The molecule has 4 heteroatoms. The molecule has 0 aliphatic carbocycles. The van der Waals surface area contributed by atoms with E-state index in [4.69, 9.17) is 4.52 Å². The minimum absolute atomic E-state index is 0.628. The summed E-state index contributed by atoms with van der Waals surface area (Å²) in [5.74, 6) is 0. The van der Waals surface area contributed by atoms with Gasteiger partial charge in [0.1, 0.15) is 0 Å². The zero-order chi connectivity index (χ0) is 10.1. The van der Waals surface area contributed by atoms with Gasteiger partial charge in [0.2, 0.25) is 8.45 Å². The quantitative estimate of drug-likeness (QED) is 0.698. The second kappa shape index (κ2) is 3.76. The van der Waals surface area contributed by atoms with Crippen LogP contribution >= 0.6 is 8.45 Å². The summed E-state index contributed by atoms with van der Waals surface area (Å²) in [6.07, 6.45) is 0. The van der Waals surface area contributed by atoms with Crippen LogP contribution in [-0.2, 0) is 4.52 Å². The molecule has 0 saturated heterocycles. The molecule has 0 saturated carbocycles. The van der Waals surface area contributed by atoms with Gasteiger partial charge in [-0.05, 0) is 19.1 Å². The summed E-state index contributed by atoms with van der Waals surface area (Å²) in [4.78, 5) is 0. The van der Waals surface area contributed by atoms with Gasteiger partial charge < -0.3 is 13.9 Å². The first-order chi connectivity index (χ1) is 6.75. The summed E-state index contributed by atoms with van der Waals surface area (Å²) in [5, 5.41) is 0. The second-order valence-electron chi connectivity index (χ2n) is 3.21. The molecule has 3 nitrogen and oxygen atoms in total. The molecule has 1 aliphatic rings. The van der Waals surface area contributed by atoms with Crippen molar-refractivity contribution in [2.75, 3.05) is 30.0 Å². The Morgan fingerprint density at radius 3 is 2.07 bits per heavy atom. The van der Waals surface area contributed by atoms with Crippen LogP contribution in [0.4, 0.5) is 11.4 Å². The van der Waals surface area contributed by atoms with E-state index in [0.29, 0.717) is 0 Å². The van der Waals surface area contributed by atoms with Crippen LogP contribution in [0.15, 0.2) is 24.3 Å². The zero-order valence-corrected chi connectivity index (χ0v) is 9.66. The Labute approximate surface area is 86.2 Å². The lowest BCUT2D eigenvalue weighted by Gasteiger charge is -2.24. The number of rotatable bonds is 2. The highest BCUT2D eigenvalue weighted by Crippen LogP contribution is 2.57. The first-order valence-electron chi connectivity index (χ1n) is 4.75. The maximum absolute atomic E-state index is 5.73. The lowest BCUT2D eigenvalue weighted by molar-refractivity contribution is 0.377. The van der Waals surface area contributed by atoms with Crippen molar-refractivity contribution in [3.8, 4) is 0 Å². The number of hydrogen-bond acceptors (Lipinski definition) is 3. The summed E-state index contributed by atoms with van der Waals surface area (Å²) in [6, 6.07) is 8.39. The lowest BCUT2D eigenvalue weighted by Crippen LogP contribution is -2.15. The van der Waals surface area contributed by atoms with Crippen molar-refractivity contribution >= 4 is 19.8 Å². The van der Waals surface area contributed by atoms with Crippen LogP contribution in [0.3, 0.4) is 0 Å². The fraction of sp³-hybridized carbons (Fsp3) is 0.400. The van der Waals surface area contributed by atoms with Crippen LogP contribution in [0.25, 0.3) is 0 Å². The molecule has 0 spiro atoms. The molecule has 1 aliphatic heterocycles. The lowest BCUT2D eigenvalue weighted by atomic mass is 10.3. The first kappa shape index (κ1) is 9.75. The van der Waals surface area contributed by atoms with E-state index >= 15 is 0 Å². The van der Waals surface area contributed by atoms with Gasteiger partial charge in [0.25, 0.3) is 0 Å². The van der Waals surface area contributed by atoms with E-state index in [9.17, 15) is 0 Å². The van der Waals surface area contributed by atoms with Gasteiger partial charge in [0, 0.05) is 14.1 Å². The minimum Gasteiger partial charge on any atom is -0.323 e. The van der Waals surface area contributed by atoms with Gasteiger partial charge in [-0.1, -0.05) is 12.1 Å². The SMILES string of the molecule is CCOP1N(C)c2ccccc2N1C. The highest BCUT2D eigenvalue weighted by atomic mass is 31.2. The molecule has 0 bridgehead atoms. The highest BCUT2D eigenvalue weighted by molar-refractivity contribution is 7.56. The Bertz CT molecular complexity index is 303. The van der Waals surface area contributed by atoms with Gasteiger partial charge in [0.05, 0.1) is 18.0 Å². The number of para-hydroxylation sites is 2. The molecule has 0 aromatic heterocycles. The van der Waals surface area contributed by atoms with Gasteiger partial charge >= 0.3 is 0 Å². The van der Waals surface area contributed by atoms with E-state index in [0.717, 1.165) is 6.61 Å². The number of fused-ring (bicyclic) bond motifs is 1. The van der Waals surface area contributed by atoms with Gasteiger partial charge in [-0.15, -0.1) is 0 Å². The predicted octanol–water partition coefficient (Wildman–Crippen LogP) is 2.84. The Balaban J connectivity index is 2.33. The predicted molar refractivity (Wildman–Crippen MR) is 61.8 cm³/mol. The summed E-state index contributed by atoms with van der Waals surface area (Å²) in [6.45, 7) is 2.79. The monoisotopic (exact) mass is 210 g/mol. The van der Waals surface area contributed by atoms with E-state index in [1.54, 1.807) is 0 Å². The molecule has 0 N–H and O–H groups in total. The van der Waals surface area contributed by atoms with Gasteiger partial charge in [-0.2, -0.15) is 0 Å². The zero-order valence-electron chi connectivity index (χ0n) is 8.77. The molecular formula is C10H15N2OP. The summed E-state index contributed by atoms with van der Waals surface area (Å²) in [5.41, 5.74) is 2.52. The molecule has 0 radical (unpaired) electrons. The molecule has 0 unspecified atom stereocenters. The number of nitrogens with zero attached hydrogens (tertiary/aromatic N) is 2. The van der Waals surface area contributed by atoms with E-state index in [1.807, 2.05) is 6.92 Å². The van der Waals surface area contributed by atoms with Gasteiger partial charge in [-0.3, -0.25) is 0 Å². The third-order valence-electron chi connectivity index (χ3n) is 2.34. The summed E-state index contributed by atoms with van der Waals surface area (Å²) in [7, 11) is 3.55. The second-order valence-corrected chi connectivity index (χ2v) is 5.17. The summed E-state index contributed by atoms with van der Waals surface area (Å²) < 4.78 is 10.2. The summed E-state index contributed by atoms with van der Waals surface area (Å²) >= 11 is 0. The van der Waals surface area contributed by atoms with Crippen molar-refractivity contribution < 1.29 is 4.52 Å². The number of anilines is 2. The Kier molecular flexibility index (Phi) is 2.62. The minimum atomic E-state index is -0.628. The molecule has 76 valence electrons. The van der Waals surface area contributed by atoms with Crippen LogP contribution < -0.4 is 9.34 Å². The van der Waals surface area contributed by atoms with Crippen molar-refractivity contribution in [2.45, 2.75) is 6.92 Å². The molecule has 1 aromatic carbocycles. The standard InChI is InChI=1S/C10H15N2OP/c1-4-13-14-11(2)9-7-5-6-8-10(9)12(14)3/h5-8H,4H2,1-3H3. The topological polar surface area (TPSA) is 15.7 Å². The third-order valence-corrected chi connectivity index (χ3v) is 4.28. The number of hydrogen-bond donors (Lipinski definition) is 0. The normalized spacial score (nSPS) is 16.2. The van der Waals surface area contributed by atoms with Crippen molar-refractivity contribution in [1.29, 1.82) is 0 Å². The van der Waals surface area contributed by atoms with Crippen molar-refractivity contribution in [2.24, 2.45) is 0 Å². The van der Waals surface area contributed by atoms with Crippen LogP contribution in [0.1, 0.15) is 6.92 Å². The van der Waals surface area contributed by atoms with Crippen molar-refractivity contribution in [1.82, 2.24) is 0 Å². The molecule has 2 rings (SSSR count). The molecular weight excluding hydrogens is 195 g/mol. The maximum atomic E-state index is 5.73. The Hall–Kier alpha value is -0.790. The van der Waals surface area contributed by atoms with Crippen LogP contribution in [0.5, 0.6) is 0 Å². The average Bonchev–Trinajstić information content (AvgIpc) is 2.45. The van der Waals surface area contributed by atoms with E-state index in [1.165, 1.54) is 11.4 Å². The van der Waals surface area contributed by atoms with E-state index < -0.39 is 8.45 Å². The van der Waals surface area contributed by atoms with Crippen molar-refractivity contribution in [3.05, 3.63) is 24.3 Å². The highest BCUT2D eigenvalue weighted by Gasteiger charge is 2.32. The first-order valence-corrected chi connectivity index (χ1v) is 5.91.